The highest BCUT2D eigenvalue weighted by molar-refractivity contribution is 5.01. The van der Waals surface area contributed by atoms with Gasteiger partial charge >= 0.3 is 0 Å². The summed E-state index contributed by atoms with van der Waals surface area (Å²) in [6.07, 6.45) is 2.77. The molecule has 1 nitrogen and oxygen atoms in total. The summed E-state index contributed by atoms with van der Waals surface area (Å²) >= 11 is 0. The molecule has 0 spiro atoms. The van der Waals surface area contributed by atoms with Crippen molar-refractivity contribution in [1.29, 1.82) is 0 Å². The van der Waals surface area contributed by atoms with Crippen molar-refractivity contribution in [1.82, 2.24) is 4.90 Å². The fraction of sp³-hybridized carbons (Fsp3) is 0.714. The molecule has 1 unspecified atom stereocenters. The number of rotatable bonds is 0. The summed E-state index contributed by atoms with van der Waals surface area (Å²) in [7, 11) is 1.93. The van der Waals surface area contributed by atoms with Gasteiger partial charge in [-0.05, 0) is 14.0 Å². The third-order valence-electron chi connectivity index (χ3n) is 1.76. The summed E-state index contributed by atoms with van der Waals surface area (Å²) in [6, 6.07) is 0.400. The molecule has 0 saturated carbocycles. The van der Waals surface area contributed by atoms with Crippen LogP contribution in [-0.2, 0) is 0 Å². The predicted molar refractivity (Wildman–Crippen MR) is 36.1 cm³/mol. The molecule has 1 aliphatic heterocycles. The second-order valence-electron chi connectivity index (χ2n) is 2.58. The van der Waals surface area contributed by atoms with Crippen LogP contribution < -0.4 is 0 Å². The normalized spacial score (nSPS) is 37.2. The van der Waals surface area contributed by atoms with Crippen LogP contribution in [0.3, 0.4) is 0 Å². The van der Waals surface area contributed by atoms with Gasteiger partial charge in [0.1, 0.15) is 6.17 Å². The van der Waals surface area contributed by atoms with Crippen LogP contribution in [0.4, 0.5) is 4.39 Å². The molecule has 0 fully saturated rings. The van der Waals surface area contributed by atoms with E-state index in [4.69, 9.17) is 0 Å². The maximum Gasteiger partial charge on any atom is 0.131 e. The Morgan fingerprint density at radius 2 is 2.22 bits per heavy atom. The van der Waals surface area contributed by atoms with Gasteiger partial charge in [0.05, 0.1) is 0 Å². The van der Waals surface area contributed by atoms with E-state index in [-0.39, 0.29) is 0 Å². The monoisotopic (exact) mass is 129 g/mol. The van der Waals surface area contributed by atoms with E-state index < -0.39 is 6.17 Å². The van der Waals surface area contributed by atoms with E-state index >= 15 is 0 Å². The summed E-state index contributed by atoms with van der Waals surface area (Å²) in [6.45, 7) is 2.60. The molecule has 0 aromatic rings. The van der Waals surface area contributed by atoms with Crippen LogP contribution in [0.1, 0.15) is 6.92 Å². The highest BCUT2D eigenvalue weighted by Gasteiger charge is 2.15. The molecule has 1 aliphatic rings. The number of hydrogen-bond donors (Lipinski definition) is 0. The Hall–Kier alpha value is -0.370. The highest BCUT2D eigenvalue weighted by Crippen LogP contribution is 2.08. The van der Waals surface area contributed by atoms with Crippen LogP contribution in [0.15, 0.2) is 12.2 Å². The number of hydrogen-bond acceptors (Lipinski definition) is 1. The summed E-state index contributed by atoms with van der Waals surface area (Å²) in [5.41, 5.74) is 0. The van der Waals surface area contributed by atoms with Gasteiger partial charge in [0, 0.05) is 12.6 Å². The minimum atomic E-state index is -0.758. The molecule has 0 aromatic carbocycles. The smallest absolute Gasteiger partial charge is 0.131 e. The van der Waals surface area contributed by atoms with Crippen molar-refractivity contribution < 1.29 is 4.39 Å². The van der Waals surface area contributed by atoms with Gasteiger partial charge in [0.15, 0.2) is 0 Å². The van der Waals surface area contributed by atoms with Crippen molar-refractivity contribution in [3.05, 3.63) is 12.2 Å². The Kier molecular flexibility index (Phi) is 1.86. The molecular formula is C7H12FN. The van der Waals surface area contributed by atoms with Crippen LogP contribution >= 0.6 is 0 Å². The van der Waals surface area contributed by atoms with Gasteiger partial charge in [-0.15, -0.1) is 0 Å². The van der Waals surface area contributed by atoms with Gasteiger partial charge < -0.3 is 0 Å². The maximum atomic E-state index is 12.5. The van der Waals surface area contributed by atoms with Crippen LogP contribution in [0.5, 0.6) is 0 Å². The lowest BCUT2D eigenvalue weighted by Gasteiger charge is -2.26. The molecule has 1 rings (SSSR count). The third-order valence-corrected chi connectivity index (χ3v) is 1.76. The first kappa shape index (κ1) is 6.75. The van der Waals surface area contributed by atoms with Crippen molar-refractivity contribution in [2.75, 3.05) is 13.6 Å². The molecule has 0 aromatic heterocycles. The topological polar surface area (TPSA) is 3.24 Å². The molecule has 2 heteroatoms. The minimum absolute atomic E-state index is 0.400. The Labute approximate surface area is 55.2 Å². The van der Waals surface area contributed by atoms with Crippen LogP contribution in [0, 0.1) is 0 Å². The zero-order chi connectivity index (χ0) is 6.85. The van der Waals surface area contributed by atoms with Gasteiger partial charge in [-0.2, -0.15) is 0 Å². The fourth-order valence-electron chi connectivity index (χ4n) is 0.931. The highest BCUT2D eigenvalue weighted by atomic mass is 19.1. The zero-order valence-electron chi connectivity index (χ0n) is 5.84. The quantitative estimate of drug-likeness (QED) is 0.444. The first-order valence-electron chi connectivity index (χ1n) is 3.23. The predicted octanol–water partition coefficient (Wildman–Crippen LogP) is 1.21. The Bertz CT molecular complexity index is 122. The van der Waals surface area contributed by atoms with E-state index in [9.17, 15) is 4.39 Å². The number of halogens is 1. The van der Waals surface area contributed by atoms with E-state index in [0.717, 1.165) is 0 Å². The molecule has 0 aliphatic carbocycles. The van der Waals surface area contributed by atoms with Crippen LogP contribution in [0.2, 0.25) is 0 Å². The summed E-state index contributed by atoms with van der Waals surface area (Å²) < 4.78 is 12.5. The van der Waals surface area contributed by atoms with Gasteiger partial charge in [-0.1, -0.05) is 12.2 Å². The van der Waals surface area contributed by atoms with Crippen molar-refractivity contribution >= 4 is 0 Å². The lowest BCUT2D eigenvalue weighted by atomic mass is 10.1. The van der Waals surface area contributed by atoms with Crippen molar-refractivity contribution in [3.63, 3.8) is 0 Å². The summed E-state index contributed by atoms with van der Waals surface area (Å²) in [5, 5.41) is 0. The van der Waals surface area contributed by atoms with Crippen molar-refractivity contribution in [2.45, 2.75) is 19.1 Å². The lowest BCUT2D eigenvalue weighted by Crippen LogP contribution is -2.36. The molecule has 0 radical (unpaired) electrons. The molecule has 0 N–H and O–H groups in total. The van der Waals surface area contributed by atoms with E-state index in [1.54, 1.807) is 6.08 Å². The number of alkyl halides is 1. The maximum absolute atomic E-state index is 12.5. The largest absolute Gasteiger partial charge is 0.297 e. The van der Waals surface area contributed by atoms with Gasteiger partial charge in [0.2, 0.25) is 0 Å². The van der Waals surface area contributed by atoms with Gasteiger partial charge in [-0.3, -0.25) is 4.90 Å². The molecule has 9 heavy (non-hydrogen) atoms. The molecule has 1 heterocycles. The average Bonchev–Trinajstić information content (AvgIpc) is 1.80. The standard InChI is InChI=1S/C7H12FN/c1-6-3-4-7(8)5-9(6)2/h3-4,6-7H,5H2,1-2H3/t6-,7?/m1/s1. The average molecular weight is 129 g/mol. The Balaban J connectivity index is 2.54. The van der Waals surface area contributed by atoms with Crippen molar-refractivity contribution in [2.24, 2.45) is 0 Å². The number of nitrogens with zero attached hydrogens (tertiary/aromatic N) is 1. The van der Waals surface area contributed by atoms with Gasteiger partial charge in [-0.25, -0.2) is 4.39 Å². The van der Waals surface area contributed by atoms with Crippen molar-refractivity contribution in [3.8, 4) is 0 Å². The van der Waals surface area contributed by atoms with Crippen LogP contribution in [-0.4, -0.2) is 30.7 Å². The first-order valence-corrected chi connectivity index (χ1v) is 3.23. The zero-order valence-corrected chi connectivity index (χ0v) is 5.84. The molecule has 0 saturated heterocycles. The Morgan fingerprint density at radius 1 is 1.56 bits per heavy atom. The second kappa shape index (κ2) is 2.48. The Morgan fingerprint density at radius 3 is 2.67 bits per heavy atom. The minimum Gasteiger partial charge on any atom is -0.297 e. The molecular weight excluding hydrogens is 117 g/mol. The van der Waals surface area contributed by atoms with E-state index in [0.29, 0.717) is 12.6 Å². The van der Waals surface area contributed by atoms with Crippen LogP contribution in [0.25, 0.3) is 0 Å². The van der Waals surface area contributed by atoms with E-state index in [1.807, 2.05) is 18.0 Å². The molecule has 2 atom stereocenters. The van der Waals surface area contributed by atoms with E-state index in [1.165, 1.54) is 0 Å². The SMILES string of the molecule is C[C@@H]1C=CC(F)CN1C. The number of likely N-dealkylation sites (N-methyl/N-ethyl adjacent to an activating group) is 1. The molecule has 52 valence electrons. The third kappa shape index (κ3) is 1.52. The summed E-state index contributed by atoms with van der Waals surface area (Å²) in [4.78, 5) is 1.99. The second-order valence-corrected chi connectivity index (χ2v) is 2.58. The molecule has 0 amide bonds. The summed E-state index contributed by atoms with van der Waals surface area (Å²) in [5.74, 6) is 0. The van der Waals surface area contributed by atoms with E-state index in [2.05, 4.69) is 6.92 Å². The molecule has 0 bridgehead atoms. The lowest BCUT2D eigenvalue weighted by molar-refractivity contribution is 0.214. The first-order chi connectivity index (χ1) is 4.20. The fourth-order valence-corrected chi connectivity index (χ4v) is 0.931. The van der Waals surface area contributed by atoms with Gasteiger partial charge in [0.25, 0.3) is 0 Å².